The molecule has 1 aromatic rings. The molecule has 0 aliphatic rings. The summed E-state index contributed by atoms with van der Waals surface area (Å²) in [4.78, 5) is 12.9. The number of hydrogen-bond acceptors (Lipinski definition) is 2. The van der Waals surface area contributed by atoms with E-state index < -0.39 is 14.2 Å². The maximum absolute atomic E-state index is 11.3. The standard InChI is InChI=1S/C11H16AsNO4/c1-13(2)11(14)8-5-9-3-6-10(7-4-9)12(15,16)17/h3-4,6-7H,5,8H2,1-2H3,(H2,15,16,17). The van der Waals surface area contributed by atoms with E-state index in [1.807, 2.05) is 0 Å². The van der Waals surface area contributed by atoms with Crippen LogP contribution in [0.3, 0.4) is 0 Å². The summed E-state index contributed by atoms with van der Waals surface area (Å²) in [5.41, 5.74) is 0.896. The average molecular weight is 301 g/mol. The van der Waals surface area contributed by atoms with Crippen LogP contribution in [0.15, 0.2) is 24.3 Å². The fraction of sp³-hybridized carbons (Fsp3) is 0.364. The molecule has 0 saturated heterocycles. The predicted octanol–water partition coefficient (Wildman–Crippen LogP) is -0.732. The van der Waals surface area contributed by atoms with E-state index in [9.17, 15) is 8.53 Å². The molecule has 0 fully saturated rings. The Morgan fingerprint density at radius 1 is 1.24 bits per heavy atom. The molecule has 0 unspecified atom stereocenters. The van der Waals surface area contributed by atoms with Crippen LogP contribution in [0, 0.1) is 0 Å². The molecular weight excluding hydrogens is 285 g/mol. The minimum atomic E-state index is -4.77. The quantitative estimate of drug-likeness (QED) is 0.719. The molecule has 0 aromatic heterocycles. The van der Waals surface area contributed by atoms with E-state index in [2.05, 4.69) is 0 Å². The van der Waals surface area contributed by atoms with Gasteiger partial charge in [-0.1, -0.05) is 0 Å². The summed E-state index contributed by atoms with van der Waals surface area (Å²) < 4.78 is 29.0. The Hall–Kier alpha value is -1.03. The summed E-state index contributed by atoms with van der Waals surface area (Å²) in [6.45, 7) is 0. The fourth-order valence-corrected chi connectivity index (χ4v) is 2.46. The van der Waals surface area contributed by atoms with Crippen LogP contribution in [-0.4, -0.2) is 47.3 Å². The number of aryl methyl sites for hydroxylation is 1. The van der Waals surface area contributed by atoms with Gasteiger partial charge in [-0.15, -0.1) is 0 Å². The first kappa shape index (κ1) is 14.0. The van der Waals surface area contributed by atoms with Gasteiger partial charge in [0.1, 0.15) is 0 Å². The third-order valence-corrected chi connectivity index (χ3v) is 4.44. The van der Waals surface area contributed by atoms with Crippen molar-refractivity contribution in [2.75, 3.05) is 14.1 Å². The van der Waals surface area contributed by atoms with E-state index in [-0.39, 0.29) is 10.3 Å². The molecule has 17 heavy (non-hydrogen) atoms. The first-order valence-corrected chi connectivity index (χ1v) is 8.54. The number of rotatable bonds is 4. The van der Waals surface area contributed by atoms with Crippen molar-refractivity contribution in [3.63, 3.8) is 0 Å². The molecule has 0 radical (unpaired) electrons. The summed E-state index contributed by atoms with van der Waals surface area (Å²) in [6, 6.07) is 6.16. The zero-order valence-corrected chi connectivity index (χ0v) is 11.7. The molecule has 5 nitrogen and oxygen atoms in total. The zero-order valence-electron chi connectivity index (χ0n) is 9.83. The second-order valence-electron chi connectivity index (χ2n) is 4.00. The molecule has 94 valence electrons. The van der Waals surface area contributed by atoms with Crippen LogP contribution >= 0.6 is 0 Å². The van der Waals surface area contributed by atoms with Crippen molar-refractivity contribution < 1.29 is 16.7 Å². The number of amides is 1. The van der Waals surface area contributed by atoms with Crippen LogP contribution in [-0.2, 0) is 15.0 Å². The topological polar surface area (TPSA) is 77.8 Å². The van der Waals surface area contributed by atoms with Crippen molar-refractivity contribution in [3.8, 4) is 0 Å². The van der Waals surface area contributed by atoms with Crippen molar-refractivity contribution in [3.05, 3.63) is 29.8 Å². The van der Waals surface area contributed by atoms with Crippen molar-refractivity contribution >= 4 is 24.4 Å². The predicted molar refractivity (Wildman–Crippen MR) is 64.0 cm³/mol. The molecular formula is C11H16AsNO4. The first-order valence-electron chi connectivity index (χ1n) is 5.16. The Labute approximate surface area is 103 Å². The number of hydrogen-bond donors (Lipinski definition) is 2. The van der Waals surface area contributed by atoms with E-state index in [0.717, 1.165) is 5.56 Å². The minimum absolute atomic E-state index is 0.0353. The maximum atomic E-state index is 11.3. The van der Waals surface area contributed by atoms with Gasteiger partial charge in [-0.3, -0.25) is 0 Å². The summed E-state index contributed by atoms with van der Waals surface area (Å²) in [5, 5.41) is 0. The van der Waals surface area contributed by atoms with Gasteiger partial charge in [-0.2, -0.15) is 0 Å². The molecule has 1 amide bonds. The van der Waals surface area contributed by atoms with Crippen LogP contribution < -0.4 is 4.35 Å². The van der Waals surface area contributed by atoms with Crippen LogP contribution in [0.2, 0.25) is 0 Å². The van der Waals surface area contributed by atoms with Crippen LogP contribution in [0.1, 0.15) is 12.0 Å². The SMILES string of the molecule is CN(C)C(=O)CCc1ccc([As](=O)(O)O)cc1. The van der Waals surface area contributed by atoms with Gasteiger partial charge in [-0.25, -0.2) is 0 Å². The van der Waals surface area contributed by atoms with Gasteiger partial charge < -0.3 is 0 Å². The molecule has 0 atom stereocenters. The van der Waals surface area contributed by atoms with E-state index in [1.54, 1.807) is 26.2 Å². The number of carbonyl (C=O) groups is 1. The van der Waals surface area contributed by atoms with E-state index in [1.165, 1.54) is 17.0 Å². The van der Waals surface area contributed by atoms with Crippen LogP contribution in [0.4, 0.5) is 0 Å². The Bertz CT molecular complexity index is 435. The van der Waals surface area contributed by atoms with Crippen LogP contribution in [0.25, 0.3) is 0 Å². The molecule has 6 heteroatoms. The number of carbonyl (C=O) groups excluding carboxylic acids is 1. The van der Waals surface area contributed by atoms with E-state index in [0.29, 0.717) is 12.8 Å². The summed E-state index contributed by atoms with van der Waals surface area (Å²) in [5.74, 6) is 0.0353. The molecule has 0 aliphatic heterocycles. The monoisotopic (exact) mass is 301 g/mol. The molecule has 0 spiro atoms. The van der Waals surface area contributed by atoms with Crippen LogP contribution in [0.5, 0.6) is 0 Å². The molecule has 1 aromatic carbocycles. The molecule has 0 bridgehead atoms. The van der Waals surface area contributed by atoms with Gasteiger partial charge in [0.15, 0.2) is 0 Å². The summed E-state index contributed by atoms with van der Waals surface area (Å²) in [6.07, 6.45) is 0.971. The Kier molecular flexibility index (Phi) is 4.57. The van der Waals surface area contributed by atoms with E-state index >= 15 is 0 Å². The Morgan fingerprint density at radius 2 is 1.76 bits per heavy atom. The molecule has 0 aliphatic carbocycles. The van der Waals surface area contributed by atoms with Gasteiger partial charge >= 0.3 is 103 Å². The zero-order chi connectivity index (χ0) is 13.1. The van der Waals surface area contributed by atoms with Gasteiger partial charge in [0, 0.05) is 0 Å². The first-order chi connectivity index (χ1) is 7.80. The third kappa shape index (κ3) is 4.38. The van der Waals surface area contributed by atoms with Gasteiger partial charge in [0.05, 0.1) is 0 Å². The van der Waals surface area contributed by atoms with E-state index in [4.69, 9.17) is 8.19 Å². The fourth-order valence-electron chi connectivity index (χ4n) is 1.33. The molecule has 0 saturated carbocycles. The summed E-state index contributed by atoms with van der Waals surface area (Å²) >= 11 is -4.77. The number of nitrogens with zero attached hydrogens (tertiary/aromatic N) is 1. The normalized spacial score (nSPS) is 11.3. The van der Waals surface area contributed by atoms with Gasteiger partial charge in [-0.05, 0) is 0 Å². The van der Waals surface area contributed by atoms with Crippen molar-refractivity contribution in [2.45, 2.75) is 12.8 Å². The Balaban J connectivity index is 2.64. The van der Waals surface area contributed by atoms with Crippen molar-refractivity contribution in [1.29, 1.82) is 0 Å². The van der Waals surface area contributed by atoms with Crippen molar-refractivity contribution in [2.24, 2.45) is 0 Å². The third-order valence-electron chi connectivity index (χ3n) is 2.40. The molecule has 2 N–H and O–H groups in total. The summed E-state index contributed by atoms with van der Waals surface area (Å²) in [7, 11) is 3.39. The average Bonchev–Trinajstić information content (AvgIpc) is 2.25. The Morgan fingerprint density at radius 3 is 2.18 bits per heavy atom. The number of benzene rings is 1. The molecule has 0 heterocycles. The van der Waals surface area contributed by atoms with Gasteiger partial charge in [0.2, 0.25) is 0 Å². The van der Waals surface area contributed by atoms with Gasteiger partial charge in [0.25, 0.3) is 0 Å². The molecule has 1 rings (SSSR count). The second-order valence-corrected chi connectivity index (χ2v) is 7.36. The van der Waals surface area contributed by atoms with Crippen molar-refractivity contribution in [1.82, 2.24) is 4.90 Å². The second kappa shape index (κ2) is 5.54.